The molecule has 0 saturated heterocycles. The van der Waals surface area contributed by atoms with Crippen molar-refractivity contribution in [2.75, 3.05) is 6.54 Å². The minimum absolute atomic E-state index is 0.150. The fraction of sp³-hybridized carbons (Fsp3) is 0.467. The van der Waals surface area contributed by atoms with E-state index in [9.17, 15) is 4.79 Å². The van der Waals surface area contributed by atoms with Gasteiger partial charge in [0.05, 0.1) is 16.3 Å². The lowest BCUT2D eigenvalue weighted by Crippen LogP contribution is -2.30. The third-order valence-corrected chi connectivity index (χ3v) is 4.65. The molecule has 1 atom stereocenters. The van der Waals surface area contributed by atoms with Crippen molar-refractivity contribution in [2.45, 2.75) is 38.3 Å². The first-order valence-corrected chi connectivity index (χ1v) is 7.92. The molecule has 2 N–H and O–H groups in total. The number of benzene rings is 1. The van der Waals surface area contributed by atoms with Gasteiger partial charge in [-0.15, -0.1) is 11.3 Å². The molecule has 1 aromatic carbocycles. The van der Waals surface area contributed by atoms with Crippen LogP contribution in [0.2, 0.25) is 0 Å². The Morgan fingerprint density at radius 3 is 3.00 bits per heavy atom. The number of para-hydroxylation sites is 1. The molecule has 1 saturated carbocycles. The largest absolute Gasteiger partial charge is 0.353 e. The van der Waals surface area contributed by atoms with E-state index in [2.05, 4.69) is 28.6 Å². The summed E-state index contributed by atoms with van der Waals surface area (Å²) in [6.07, 6.45) is 2.81. The lowest BCUT2D eigenvalue weighted by Gasteiger charge is -2.10. The minimum atomic E-state index is 0.150. The van der Waals surface area contributed by atoms with Crippen LogP contribution in [0, 0.1) is 0 Å². The number of fused-ring (bicyclic) bond motifs is 1. The van der Waals surface area contributed by atoms with Crippen LogP contribution in [-0.4, -0.2) is 23.5 Å². The van der Waals surface area contributed by atoms with Crippen LogP contribution >= 0.6 is 11.3 Å². The maximum absolute atomic E-state index is 11.6. The summed E-state index contributed by atoms with van der Waals surface area (Å²) in [7, 11) is 0. The van der Waals surface area contributed by atoms with Crippen molar-refractivity contribution in [2.24, 2.45) is 0 Å². The number of carbonyl (C=O) groups is 1. The van der Waals surface area contributed by atoms with Gasteiger partial charge in [0.15, 0.2) is 0 Å². The Morgan fingerprint density at radius 2 is 2.25 bits per heavy atom. The van der Waals surface area contributed by atoms with E-state index in [1.54, 1.807) is 11.3 Å². The average Bonchev–Trinajstić information content (AvgIpc) is 3.13. The Hall–Kier alpha value is -1.46. The molecular weight excluding hydrogens is 270 g/mol. The summed E-state index contributed by atoms with van der Waals surface area (Å²) in [6.45, 7) is 2.78. The molecule has 1 amide bonds. The quantitative estimate of drug-likeness (QED) is 0.859. The lowest BCUT2D eigenvalue weighted by atomic mass is 10.3. The Morgan fingerprint density at radius 1 is 1.45 bits per heavy atom. The molecule has 3 rings (SSSR count). The van der Waals surface area contributed by atoms with E-state index in [4.69, 9.17) is 0 Å². The maximum atomic E-state index is 11.6. The molecule has 2 aromatic rings. The first kappa shape index (κ1) is 13.5. The van der Waals surface area contributed by atoms with Crippen molar-refractivity contribution in [3.05, 3.63) is 29.3 Å². The molecule has 4 nitrogen and oxygen atoms in total. The molecule has 1 aromatic heterocycles. The van der Waals surface area contributed by atoms with E-state index < -0.39 is 0 Å². The fourth-order valence-corrected chi connectivity index (χ4v) is 3.09. The first-order chi connectivity index (χ1) is 9.72. The minimum Gasteiger partial charge on any atom is -0.353 e. The molecule has 1 heterocycles. The van der Waals surface area contributed by atoms with Crippen LogP contribution < -0.4 is 10.6 Å². The molecule has 20 heavy (non-hydrogen) atoms. The predicted molar refractivity (Wildman–Crippen MR) is 81.8 cm³/mol. The predicted octanol–water partition coefficient (Wildman–Crippen LogP) is 2.62. The fourth-order valence-electron chi connectivity index (χ4n) is 2.09. The SMILES string of the molecule is CC(NCCC(=O)NC1CC1)c1nc2ccccc2s1. The number of hydrogen-bond acceptors (Lipinski definition) is 4. The smallest absolute Gasteiger partial charge is 0.221 e. The van der Waals surface area contributed by atoms with Gasteiger partial charge in [-0.3, -0.25) is 4.79 Å². The second-order valence-electron chi connectivity index (χ2n) is 5.29. The van der Waals surface area contributed by atoms with Crippen molar-refractivity contribution in [1.29, 1.82) is 0 Å². The zero-order valence-electron chi connectivity index (χ0n) is 11.6. The molecule has 1 unspecified atom stereocenters. The number of thiazole rings is 1. The van der Waals surface area contributed by atoms with Crippen molar-refractivity contribution >= 4 is 27.5 Å². The van der Waals surface area contributed by atoms with Crippen LogP contribution in [0.5, 0.6) is 0 Å². The van der Waals surface area contributed by atoms with E-state index in [1.165, 1.54) is 4.70 Å². The molecule has 0 aliphatic heterocycles. The van der Waals surface area contributed by atoms with E-state index in [1.807, 2.05) is 18.2 Å². The lowest BCUT2D eigenvalue weighted by molar-refractivity contribution is -0.121. The van der Waals surface area contributed by atoms with Crippen LogP contribution in [0.1, 0.15) is 37.2 Å². The van der Waals surface area contributed by atoms with Crippen LogP contribution in [0.15, 0.2) is 24.3 Å². The number of amides is 1. The molecule has 1 fully saturated rings. The zero-order chi connectivity index (χ0) is 13.9. The van der Waals surface area contributed by atoms with Gasteiger partial charge in [0.1, 0.15) is 5.01 Å². The maximum Gasteiger partial charge on any atom is 0.221 e. The molecule has 1 aliphatic rings. The van der Waals surface area contributed by atoms with E-state index in [0.717, 1.165) is 23.4 Å². The monoisotopic (exact) mass is 289 g/mol. The highest BCUT2D eigenvalue weighted by atomic mass is 32.1. The zero-order valence-corrected chi connectivity index (χ0v) is 12.4. The molecule has 106 valence electrons. The number of nitrogens with zero attached hydrogens (tertiary/aromatic N) is 1. The molecule has 0 radical (unpaired) electrons. The number of rotatable bonds is 6. The van der Waals surface area contributed by atoms with Gasteiger partial charge >= 0.3 is 0 Å². The van der Waals surface area contributed by atoms with Gasteiger partial charge in [-0.2, -0.15) is 0 Å². The summed E-state index contributed by atoms with van der Waals surface area (Å²) in [4.78, 5) is 16.2. The summed E-state index contributed by atoms with van der Waals surface area (Å²) >= 11 is 1.71. The van der Waals surface area contributed by atoms with Gasteiger partial charge < -0.3 is 10.6 Å². The van der Waals surface area contributed by atoms with Crippen LogP contribution in [0.25, 0.3) is 10.2 Å². The highest BCUT2D eigenvalue weighted by molar-refractivity contribution is 7.18. The van der Waals surface area contributed by atoms with Gasteiger partial charge in [-0.1, -0.05) is 12.1 Å². The Balaban J connectivity index is 1.50. The average molecular weight is 289 g/mol. The van der Waals surface area contributed by atoms with Crippen molar-refractivity contribution in [3.8, 4) is 0 Å². The summed E-state index contributed by atoms with van der Waals surface area (Å²) in [5, 5.41) is 7.45. The second-order valence-corrected chi connectivity index (χ2v) is 6.35. The summed E-state index contributed by atoms with van der Waals surface area (Å²) in [6, 6.07) is 8.79. The van der Waals surface area contributed by atoms with E-state index >= 15 is 0 Å². The van der Waals surface area contributed by atoms with Gasteiger partial charge in [0.2, 0.25) is 5.91 Å². The van der Waals surface area contributed by atoms with E-state index in [-0.39, 0.29) is 11.9 Å². The molecule has 0 spiro atoms. The van der Waals surface area contributed by atoms with Crippen LogP contribution in [-0.2, 0) is 4.79 Å². The van der Waals surface area contributed by atoms with Gasteiger partial charge in [-0.25, -0.2) is 4.98 Å². The summed E-state index contributed by atoms with van der Waals surface area (Å²) in [5.41, 5.74) is 1.05. The van der Waals surface area contributed by atoms with E-state index in [0.29, 0.717) is 19.0 Å². The number of hydrogen-bond donors (Lipinski definition) is 2. The Bertz CT molecular complexity index is 573. The molecule has 1 aliphatic carbocycles. The van der Waals surface area contributed by atoms with Crippen LogP contribution in [0.3, 0.4) is 0 Å². The number of carbonyl (C=O) groups excluding carboxylic acids is 1. The Kier molecular flexibility index (Phi) is 3.98. The van der Waals surface area contributed by atoms with Crippen LogP contribution in [0.4, 0.5) is 0 Å². The highest BCUT2D eigenvalue weighted by Gasteiger charge is 2.22. The second kappa shape index (κ2) is 5.89. The summed E-state index contributed by atoms with van der Waals surface area (Å²) in [5.74, 6) is 0.150. The Labute approximate surface area is 122 Å². The third kappa shape index (κ3) is 3.35. The molecule has 5 heteroatoms. The highest BCUT2D eigenvalue weighted by Crippen LogP contribution is 2.25. The summed E-state index contributed by atoms with van der Waals surface area (Å²) < 4.78 is 1.21. The van der Waals surface area contributed by atoms with Crippen molar-refractivity contribution < 1.29 is 4.79 Å². The standard InChI is InChI=1S/C15H19N3OS/c1-10(16-9-8-14(19)17-11-6-7-11)15-18-12-4-2-3-5-13(12)20-15/h2-5,10-11,16H,6-9H2,1H3,(H,17,19). The van der Waals surface area contributed by atoms with Gasteiger partial charge in [0.25, 0.3) is 0 Å². The third-order valence-electron chi connectivity index (χ3n) is 3.43. The van der Waals surface area contributed by atoms with Gasteiger partial charge in [0, 0.05) is 19.0 Å². The first-order valence-electron chi connectivity index (χ1n) is 7.10. The molecular formula is C15H19N3OS. The molecule has 0 bridgehead atoms. The van der Waals surface area contributed by atoms with Crippen molar-refractivity contribution in [3.63, 3.8) is 0 Å². The van der Waals surface area contributed by atoms with Gasteiger partial charge in [-0.05, 0) is 31.9 Å². The normalized spacial score (nSPS) is 16.2. The topological polar surface area (TPSA) is 54.0 Å². The van der Waals surface area contributed by atoms with Crippen molar-refractivity contribution in [1.82, 2.24) is 15.6 Å². The number of aromatic nitrogens is 1. The number of nitrogens with one attached hydrogen (secondary N) is 2.